The van der Waals surface area contributed by atoms with Crippen LogP contribution in [0, 0.1) is 5.92 Å². The number of amides is 3. The standard InChI is InChI=1S/C14H23N3O4/c18-8-10-1-4-16(5-2-10)14(20)17-6-3-12-11(7-17)15-13(19)9-21-12/h10-12,18H,1-9H2,(H,15,19)/t11-,12+/m0/s1. The van der Waals surface area contributed by atoms with Gasteiger partial charge in [-0.15, -0.1) is 0 Å². The van der Waals surface area contributed by atoms with Gasteiger partial charge in [0.2, 0.25) is 5.91 Å². The summed E-state index contributed by atoms with van der Waals surface area (Å²) in [5.41, 5.74) is 0. The van der Waals surface area contributed by atoms with Gasteiger partial charge in [-0.1, -0.05) is 0 Å². The highest BCUT2D eigenvalue weighted by atomic mass is 16.5. The molecular weight excluding hydrogens is 274 g/mol. The van der Waals surface area contributed by atoms with E-state index in [1.54, 1.807) is 0 Å². The van der Waals surface area contributed by atoms with Crippen LogP contribution < -0.4 is 5.32 Å². The second-order valence-electron chi connectivity index (χ2n) is 6.15. The van der Waals surface area contributed by atoms with Crippen molar-refractivity contribution in [3.8, 4) is 0 Å². The van der Waals surface area contributed by atoms with Crippen LogP contribution in [0.3, 0.4) is 0 Å². The van der Waals surface area contributed by atoms with Crippen molar-refractivity contribution < 1.29 is 19.4 Å². The zero-order chi connectivity index (χ0) is 14.8. The summed E-state index contributed by atoms with van der Waals surface area (Å²) in [6.07, 6.45) is 2.53. The first kappa shape index (κ1) is 14.6. The molecule has 0 radical (unpaired) electrons. The van der Waals surface area contributed by atoms with E-state index in [4.69, 9.17) is 9.84 Å². The summed E-state index contributed by atoms with van der Waals surface area (Å²) in [7, 11) is 0. The van der Waals surface area contributed by atoms with Crippen molar-refractivity contribution in [1.82, 2.24) is 15.1 Å². The minimum atomic E-state index is -0.102. The Kier molecular flexibility index (Phi) is 4.30. The average molecular weight is 297 g/mol. The van der Waals surface area contributed by atoms with Crippen molar-refractivity contribution in [2.75, 3.05) is 39.4 Å². The number of likely N-dealkylation sites (tertiary alicyclic amines) is 2. The summed E-state index contributed by atoms with van der Waals surface area (Å²) < 4.78 is 5.50. The highest BCUT2D eigenvalue weighted by Crippen LogP contribution is 2.21. The van der Waals surface area contributed by atoms with Crippen molar-refractivity contribution in [3.05, 3.63) is 0 Å². The molecule has 118 valence electrons. The van der Waals surface area contributed by atoms with Crippen LogP contribution in [0.4, 0.5) is 4.79 Å². The van der Waals surface area contributed by atoms with Gasteiger partial charge in [-0.3, -0.25) is 4.79 Å². The molecule has 2 N–H and O–H groups in total. The average Bonchev–Trinajstić information content (AvgIpc) is 2.53. The summed E-state index contributed by atoms with van der Waals surface area (Å²) in [5, 5.41) is 12.1. The number of hydrogen-bond donors (Lipinski definition) is 2. The van der Waals surface area contributed by atoms with Gasteiger partial charge in [0.1, 0.15) is 6.61 Å². The number of nitrogens with zero attached hydrogens (tertiary/aromatic N) is 2. The minimum Gasteiger partial charge on any atom is -0.396 e. The molecule has 3 fully saturated rings. The summed E-state index contributed by atoms with van der Waals surface area (Å²) in [6.45, 7) is 2.95. The third kappa shape index (κ3) is 3.13. The maximum Gasteiger partial charge on any atom is 0.320 e. The number of aliphatic hydroxyl groups is 1. The van der Waals surface area contributed by atoms with Gasteiger partial charge in [0.05, 0.1) is 12.1 Å². The number of carbonyl (C=O) groups is 2. The van der Waals surface area contributed by atoms with Crippen LogP contribution in [-0.4, -0.2) is 78.4 Å². The molecule has 3 heterocycles. The second kappa shape index (κ2) is 6.19. The van der Waals surface area contributed by atoms with E-state index in [1.807, 2.05) is 9.80 Å². The highest BCUT2D eigenvalue weighted by Gasteiger charge is 2.37. The molecule has 0 aromatic heterocycles. The lowest BCUT2D eigenvalue weighted by Crippen LogP contribution is -2.62. The number of urea groups is 1. The Balaban J connectivity index is 1.55. The molecule has 2 atom stereocenters. The highest BCUT2D eigenvalue weighted by molar-refractivity contribution is 5.79. The van der Waals surface area contributed by atoms with E-state index in [-0.39, 0.29) is 37.3 Å². The summed E-state index contributed by atoms with van der Waals surface area (Å²) >= 11 is 0. The van der Waals surface area contributed by atoms with Crippen LogP contribution in [0.15, 0.2) is 0 Å². The number of fused-ring (bicyclic) bond motifs is 1. The third-order valence-electron chi connectivity index (χ3n) is 4.74. The van der Waals surface area contributed by atoms with Gasteiger partial charge in [-0.2, -0.15) is 0 Å². The molecule has 21 heavy (non-hydrogen) atoms. The molecule has 3 rings (SSSR count). The zero-order valence-corrected chi connectivity index (χ0v) is 12.2. The van der Waals surface area contributed by atoms with E-state index in [0.717, 1.165) is 19.3 Å². The zero-order valence-electron chi connectivity index (χ0n) is 12.2. The normalized spacial score (nSPS) is 30.8. The monoisotopic (exact) mass is 297 g/mol. The lowest BCUT2D eigenvalue weighted by molar-refractivity contribution is -0.139. The molecule has 3 aliphatic heterocycles. The van der Waals surface area contributed by atoms with Crippen molar-refractivity contribution in [2.24, 2.45) is 5.92 Å². The van der Waals surface area contributed by atoms with E-state index >= 15 is 0 Å². The Labute approximate surface area is 124 Å². The Hall–Kier alpha value is -1.34. The van der Waals surface area contributed by atoms with Crippen molar-refractivity contribution in [1.29, 1.82) is 0 Å². The van der Waals surface area contributed by atoms with E-state index in [1.165, 1.54) is 0 Å². The van der Waals surface area contributed by atoms with Crippen molar-refractivity contribution >= 4 is 11.9 Å². The van der Waals surface area contributed by atoms with E-state index in [2.05, 4.69) is 5.32 Å². The van der Waals surface area contributed by atoms with Gasteiger partial charge in [-0.05, 0) is 25.2 Å². The van der Waals surface area contributed by atoms with Gasteiger partial charge < -0.3 is 25.0 Å². The second-order valence-corrected chi connectivity index (χ2v) is 6.15. The van der Waals surface area contributed by atoms with Gasteiger partial charge in [0, 0.05) is 32.8 Å². The summed E-state index contributed by atoms with van der Waals surface area (Å²) in [4.78, 5) is 27.6. The summed E-state index contributed by atoms with van der Waals surface area (Å²) in [6, 6.07) is -0.0383. The van der Waals surface area contributed by atoms with Gasteiger partial charge in [-0.25, -0.2) is 4.79 Å². The number of morpholine rings is 1. The van der Waals surface area contributed by atoms with E-state index < -0.39 is 0 Å². The van der Waals surface area contributed by atoms with Crippen molar-refractivity contribution in [2.45, 2.75) is 31.4 Å². The molecule has 3 amide bonds. The number of ether oxygens (including phenoxy) is 1. The third-order valence-corrected chi connectivity index (χ3v) is 4.74. The lowest BCUT2D eigenvalue weighted by Gasteiger charge is -2.43. The first-order valence-corrected chi connectivity index (χ1v) is 7.73. The maximum absolute atomic E-state index is 12.5. The van der Waals surface area contributed by atoms with Gasteiger partial charge in [0.15, 0.2) is 0 Å². The van der Waals surface area contributed by atoms with Gasteiger partial charge >= 0.3 is 6.03 Å². The van der Waals surface area contributed by atoms with E-state index in [9.17, 15) is 9.59 Å². The summed E-state index contributed by atoms with van der Waals surface area (Å²) in [5.74, 6) is 0.222. The maximum atomic E-state index is 12.5. The first-order chi connectivity index (χ1) is 10.2. The van der Waals surface area contributed by atoms with Crippen molar-refractivity contribution in [3.63, 3.8) is 0 Å². The molecule has 3 saturated heterocycles. The predicted octanol–water partition coefficient (Wildman–Crippen LogP) is -0.600. The molecule has 0 saturated carbocycles. The topological polar surface area (TPSA) is 82.1 Å². The number of piperidine rings is 2. The van der Waals surface area contributed by atoms with Crippen LogP contribution in [-0.2, 0) is 9.53 Å². The Morgan fingerprint density at radius 3 is 2.67 bits per heavy atom. The van der Waals surface area contributed by atoms with Crippen LogP contribution >= 0.6 is 0 Å². The Bertz CT molecular complexity index is 409. The molecule has 0 spiro atoms. The Morgan fingerprint density at radius 2 is 1.95 bits per heavy atom. The molecule has 0 aliphatic carbocycles. The lowest BCUT2D eigenvalue weighted by atomic mass is 9.97. The Morgan fingerprint density at radius 1 is 1.24 bits per heavy atom. The molecule has 7 heteroatoms. The smallest absolute Gasteiger partial charge is 0.320 e. The fourth-order valence-corrected chi connectivity index (χ4v) is 3.38. The largest absolute Gasteiger partial charge is 0.396 e. The molecule has 0 aromatic rings. The molecule has 3 aliphatic rings. The van der Waals surface area contributed by atoms with Crippen LogP contribution in [0.2, 0.25) is 0 Å². The molecule has 0 unspecified atom stereocenters. The first-order valence-electron chi connectivity index (χ1n) is 7.73. The van der Waals surface area contributed by atoms with Gasteiger partial charge in [0.25, 0.3) is 0 Å². The number of rotatable bonds is 1. The molecule has 7 nitrogen and oxygen atoms in total. The van der Waals surface area contributed by atoms with E-state index in [0.29, 0.717) is 32.1 Å². The number of nitrogens with one attached hydrogen (secondary N) is 1. The predicted molar refractivity (Wildman–Crippen MR) is 74.6 cm³/mol. The molecular formula is C14H23N3O4. The fourth-order valence-electron chi connectivity index (χ4n) is 3.38. The fraction of sp³-hybridized carbons (Fsp3) is 0.857. The minimum absolute atomic E-state index is 0.0341. The van der Waals surface area contributed by atoms with Crippen LogP contribution in [0.5, 0.6) is 0 Å². The number of carbonyl (C=O) groups excluding carboxylic acids is 2. The molecule has 0 bridgehead atoms. The number of aliphatic hydroxyl groups excluding tert-OH is 1. The van der Waals surface area contributed by atoms with Crippen LogP contribution in [0.1, 0.15) is 19.3 Å². The SMILES string of the molecule is O=C1CO[C@@H]2CCN(C(=O)N3CCC(CO)CC3)C[C@@H]2N1. The quantitative estimate of drug-likeness (QED) is 0.677. The molecule has 0 aromatic carbocycles. The number of hydrogen-bond acceptors (Lipinski definition) is 4. The van der Waals surface area contributed by atoms with Crippen LogP contribution in [0.25, 0.3) is 0 Å².